The summed E-state index contributed by atoms with van der Waals surface area (Å²) in [5, 5.41) is 0. The van der Waals surface area contributed by atoms with Gasteiger partial charge in [-0.2, -0.15) is 0 Å². The van der Waals surface area contributed by atoms with Crippen LogP contribution in [0.1, 0.15) is 58.8 Å². The lowest BCUT2D eigenvalue weighted by molar-refractivity contribution is 0.0343. The van der Waals surface area contributed by atoms with Gasteiger partial charge in [0.2, 0.25) is 0 Å². The Hall–Kier alpha value is -1.25. The molecule has 1 fully saturated rings. The van der Waals surface area contributed by atoms with Crippen LogP contribution >= 0.6 is 7.60 Å². The number of hydrogen-bond acceptors (Lipinski definition) is 4. The van der Waals surface area contributed by atoms with Crippen LogP contribution in [0.2, 0.25) is 0 Å². The van der Waals surface area contributed by atoms with E-state index in [1.807, 2.05) is 30.3 Å². The molecule has 2 aliphatic rings. The topological polar surface area (TPSA) is 44.8 Å². The fourth-order valence-corrected chi connectivity index (χ4v) is 6.18. The molecule has 4 nitrogen and oxygen atoms in total. The number of allylic oxidation sites excluding steroid dienone is 2. The third-order valence-corrected chi connectivity index (χ3v) is 7.99. The van der Waals surface area contributed by atoms with Crippen molar-refractivity contribution in [2.24, 2.45) is 17.3 Å². The van der Waals surface area contributed by atoms with Gasteiger partial charge in [-0.25, -0.2) is 4.57 Å². The maximum atomic E-state index is 12.8. The predicted molar refractivity (Wildman–Crippen MR) is 114 cm³/mol. The van der Waals surface area contributed by atoms with E-state index in [1.54, 1.807) is 13.8 Å². The Bertz CT molecular complexity index is 705. The number of hydrogen-bond donors (Lipinski definition) is 0. The molecule has 1 aromatic carbocycles. The Kier molecular flexibility index (Phi) is 6.94. The second-order valence-electron chi connectivity index (χ2n) is 8.92. The molecule has 0 heterocycles. The van der Waals surface area contributed by atoms with E-state index in [-0.39, 0.29) is 6.10 Å². The summed E-state index contributed by atoms with van der Waals surface area (Å²) < 4.78 is 29.7. The molecule has 0 amide bonds. The van der Waals surface area contributed by atoms with Gasteiger partial charge in [-0.15, -0.1) is 0 Å². The minimum absolute atomic E-state index is 0.0259. The molecular weight excluding hydrogens is 371 g/mol. The quantitative estimate of drug-likeness (QED) is 0.466. The van der Waals surface area contributed by atoms with E-state index in [1.165, 1.54) is 6.42 Å². The fourth-order valence-electron chi connectivity index (χ4n) is 4.88. The largest absolute Gasteiger partial charge is 0.501 e. The zero-order valence-electron chi connectivity index (χ0n) is 17.7. The van der Waals surface area contributed by atoms with Gasteiger partial charge in [0.25, 0.3) is 0 Å². The first-order valence-electron chi connectivity index (χ1n) is 10.5. The lowest BCUT2D eigenvalue weighted by atomic mass is 9.61. The number of para-hydroxylation sites is 1. The highest BCUT2D eigenvalue weighted by Crippen LogP contribution is 2.51. The standard InChI is InChI=1S/C23H35O4P/c1-23(2,18-10-14-20(25-3)15-11-18)19-12-16-22(17-13-19)27-28(4,24)26-21-8-6-5-7-9-21/h5-9,14,18-19,22H,10-13,15-17H2,1-4H3. The predicted octanol–water partition coefficient (Wildman–Crippen LogP) is 6.82. The molecule has 2 aliphatic carbocycles. The average molecular weight is 407 g/mol. The minimum atomic E-state index is -3.10. The number of ether oxygens (including phenoxy) is 1. The van der Waals surface area contributed by atoms with E-state index >= 15 is 0 Å². The van der Waals surface area contributed by atoms with Gasteiger partial charge >= 0.3 is 7.60 Å². The summed E-state index contributed by atoms with van der Waals surface area (Å²) >= 11 is 0. The van der Waals surface area contributed by atoms with Gasteiger partial charge in [0.15, 0.2) is 0 Å². The Labute approximate surface area is 170 Å². The monoisotopic (exact) mass is 406 g/mol. The fraction of sp³-hybridized carbons (Fsp3) is 0.652. The molecule has 3 rings (SSSR count). The van der Waals surface area contributed by atoms with Crippen LogP contribution in [-0.2, 0) is 13.8 Å². The molecule has 0 aromatic heterocycles. The van der Waals surface area contributed by atoms with Crippen LogP contribution in [0.5, 0.6) is 5.75 Å². The molecule has 0 spiro atoms. The number of methoxy groups -OCH3 is 1. The molecule has 1 saturated carbocycles. The van der Waals surface area contributed by atoms with Gasteiger partial charge in [-0.05, 0) is 74.0 Å². The molecular formula is C23H35O4P. The van der Waals surface area contributed by atoms with E-state index in [9.17, 15) is 4.57 Å². The smallest absolute Gasteiger partial charge is 0.376 e. The van der Waals surface area contributed by atoms with Gasteiger partial charge in [-0.1, -0.05) is 32.0 Å². The number of benzene rings is 1. The lowest BCUT2D eigenvalue weighted by Gasteiger charge is -2.45. The third-order valence-electron chi connectivity index (χ3n) is 6.77. The van der Waals surface area contributed by atoms with Crippen molar-refractivity contribution in [3.8, 4) is 5.75 Å². The van der Waals surface area contributed by atoms with Crippen LogP contribution in [0.25, 0.3) is 0 Å². The van der Waals surface area contributed by atoms with Crippen molar-refractivity contribution in [1.29, 1.82) is 0 Å². The van der Waals surface area contributed by atoms with Gasteiger partial charge in [0.1, 0.15) is 5.75 Å². The third kappa shape index (κ3) is 5.42. The molecule has 156 valence electrons. The van der Waals surface area contributed by atoms with E-state index in [4.69, 9.17) is 13.8 Å². The van der Waals surface area contributed by atoms with Crippen molar-refractivity contribution in [3.63, 3.8) is 0 Å². The normalized spacial score (nSPS) is 28.1. The highest BCUT2D eigenvalue weighted by molar-refractivity contribution is 7.53. The van der Waals surface area contributed by atoms with E-state index < -0.39 is 7.60 Å². The lowest BCUT2D eigenvalue weighted by Crippen LogP contribution is -2.37. The van der Waals surface area contributed by atoms with Crippen molar-refractivity contribution in [2.75, 3.05) is 13.8 Å². The van der Waals surface area contributed by atoms with Crippen LogP contribution < -0.4 is 4.52 Å². The molecule has 0 bridgehead atoms. The maximum absolute atomic E-state index is 12.8. The van der Waals surface area contributed by atoms with Gasteiger partial charge in [0.05, 0.1) is 19.0 Å². The van der Waals surface area contributed by atoms with Crippen LogP contribution in [0.15, 0.2) is 42.2 Å². The molecule has 28 heavy (non-hydrogen) atoms. The summed E-state index contributed by atoms with van der Waals surface area (Å²) in [4.78, 5) is 0. The highest BCUT2D eigenvalue weighted by atomic mass is 31.2. The Morgan fingerprint density at radius 1 is 1.00 bits per heavy atom. The zero-order valence-corrected chi connectivity index (χ0v) is 18.6. The van der Waals surface area contributed by atoms with E-state index in [0.717, 1.165) is 44.3 Å². The molecule has 0 aliphatic heterocycles. The van der Waals surface area contributed by atoms with Crippen LogP contribution in [0.4, 0.5) is 0 Å². The molecule has 2 unspecified atom stereocenters. The van der Waals surface area contributed by atoms with Crippen molar-refractivity contribution in [2.45, 2.75) is 64.9 Å². The first-order valence-corrected chi connectivity index (χ1v) is 12.5. The Balaban J connectivity index is 1.51. The summed E-state index contributed by atoms with van der Waals surface area (Å²) in [5.74, 6) is 3.12. The summed E-state index contributed by atoms with van der Waals surface area (Å²) in [5.41, 5.74) is 0.303. The molecule has 1 aromatic rings. The average Bonchev–Trinajstić information content (AvgIpc) is 2.68. The minimum Gasteiger partial charge on any atom is -0.501 e. The van der Waals surface area contributed by atoms with Crippen LogP contribution in [0.3, 0.4) is 0 Å². The first kappa shape index (κ1) is 21.5. The Morgan fingerprint density at radius 2 is 1.68 bits per heavy atom. The second kappa shape index (κ2) is 9.05. The highest BCUT2D eigenvalue weighted by Gasteiger charge is 2.40. The van der Waals surface area contributed by atoms with Gasteiger partial charge in [-0.3, -0.25) is 4.52 Å². The van der Waals surface area contributed by atoms with E-state index in [2.05, 4.69) is 19.9 Å². The molecule has 2 atom stereocenters. The molecule has 0 N–H and O–H groups in total. The van der Waals surface area contributed by atoms with Crippen molar-refractivity contribution in [3.05, 3.63) is 42.2 Å². The SMILES string of the molecule is COC1=CCC(C(C)(C)C2CCC(OP(C)(=O)Oc3ccccc3)CC2)CC1. The molecule has 0 saturated heterocycles. The van der Waals surface area contributed by atoms with Crippen LogP contribution in [-0.4, -0.2) is 19.9 Å². The first-order chi connectivity index (χ1) is 13.3. The summed E-state index contributed by atoms with van der Waals surface area (Å²) in [6, 6.07) is 9.28. The van der Waals surface area contributed by atoms with E-state index in [0.29, 0.717) is 23.0 Å². The van der Waals surface area contributed by atoms with Crippen molar-refractivity contribution < 1.29 is 18.3 Å². The summed E-state index contributed by atoms with van der Waals surface area (Å²) in [6.07, 6.45) is 9.84. The summed E-state index contributed by atoms with van der Waals surface area (Å²) in [7, 11) is -1.33. The second-order valence-corrected chi connectivity index (χ2v) is 10.9. The van der Waals surface area contributed by atoms with Gasteiger partial charge in [0, 0.05) is 13.1 Å². The van der Waals surface area contributed by atoms with Crippen molar-refractivity contribution in [1.82, 2.24) is 0 Å². The van der Waals surface area contributed by atoms with Gasteiger partial charge < -0.3 is 9.26 Å². The summed E-state index contributed by atoms with van der Waals surface area (Å²) in [6.45, 7) is 6.44. The zero-order chi connectivity index (χ0) is 20.2. The number of rotatable bonds is 7. The van der Waals surface area contributed by atoms with Crippen molar-refractivity contribution >= 4 is 7.60 Å². The Morgan fingerprint density at radius 3 is 2.25 bits per heavy atom. The molecule has 5 heteroatoms. The van der Waals surface area contributed by atoms with Crippen LogP contribution in [0, 0.1) is 17.3 Å². The molecule has 0 radical (unpaired) electrons. The maximum Gasteiger partial charge on any atom is 0.376 e.